The number of benzene rings is 1. The van der Waals surface area contributed by atoms with Gasteiger partial charge in [-0.25, -0.2) is 4.98 Å². The van der Waals surface area contributed by atoms with Gasteiger partial charge in [-0.15, -0.1) is 0 Å². The highest BCUT2D eigenvalue weighted by Crippen LogP contribution is 2.34. The van der Waals surface area contributed by atoms with Crippen molar-refractivity contribution in [3.8, 4) is 0 Å². The summed E-state index contributed by atoms with van der Waals surface area (Å²) >= 11 is 12.4. The van der Waals surface area contributed by atoms with Crippen LogP contribution in [0.1, 0.15) is 24.3 Å². The zero-order valence-corrected chi connectivity index (χ0v) is 11.4. The quantitative estimate of drug-likeness (QED) is 0.799. The number of rotatable bonds is 1. The molecule has 1 aromatic heterocycles. The molecular weight excluding hydrogens is 267 g/mol. The van der Waals surface area contributed by atoms with Gasteiger partial charge in [0.1, 0.15) is 5.15 Å². The monoisotopic (exact) mass is 280 g/mol. The van der Waals surface area contributed by atoms with Crippen LogP contribution in [0.4, 0.5) is 0 Å². The number of halogens is 2. The van der Waals surface area contributed by atoms with Crippen LogP contribution in [0.15, 0.2) is 24.3 Å². The summed E-state index contributed by atoms with van der Waals surface area (Å²) in [4.78, 5) is 4.29. The molecule has 2 aromatic rings. The van der Waals surface area contributed by atoms with E-state index in [1.807, 2.05) is 12.1 Å². The van der Waals surface area contributed by atoms with Gasteiger partial charge >= 0.3 is 0 Å². The predicted octanol–water partition coefficient (Wildman–Crippen LogP) is 4.01. The third-order valence-electron chi connectivity index (χ3n) is 3.54. The van der Waals surface area contributed by atoms with Crippen molar-refractivity contribution in [1.82, 2.24) is 10.3 Å². The summed E-state index contributed by atoms with van der Waals surface area (Å²) in [6.45, 7) is 2.12. The van der Waals surface area contributed by atoms with Gasteiger partial charge in [0.15, 0.2) is 0 Å². The lowest BCUT2D eigenvalue weighted by Gasteiger charge is -2.24. The molecule has 0 radical (unpaired) electrons. The normalized spacial score (nSPS) is 20.2. The van der Waals surface area contributed by atoms with Crippen LogP contribution in [0.5, 0.6) is 0 Å². The van der Waals surface area contributed by atoms with Crippen LogP contribution in [0.2, 0.25) is 10.2 Å². The maximum absolute atomic E-state index is 6.52. The molecule has 4 heteroatoms. The van der Waals surface area contributed by atoms with Crippen molar-refractivity contribution in [2.75, 3.05) is 13.1 Å². The van der Waals surface area contributed by atoms with E-state index < -0.39 is 0 Å². The summed E-state index contributed by atoms with van der Waals surface area (Å²) in [5.74, 6) is 0.506. The minimum Gasteiger partial charge on any atom is -0.316 e. The number of aromatic nitrogens is 1. The first-order valence-corrected chi connectivity index (χ1v) is 6.96. The fourth-order valence-electron chi connectivity index (χ4n) is 2.59. The number of fused-ring (bicyclic) bond motifs is 1. The molecule has 1 aromatic carbocycles. The minimum absolute atomic E-state index is 0.505. The van der Waals surface area contributed by atoms with Crippen molar-refractivity contribution in [2.24, 2.45) is 0 Å². The predicted molar refractivity (Wildman–Crippen MR) is 76.6 cm³/mol. The summed E-state index contributed by atoms with van der Waals surface area (Å²) in [6, 6.07) is 7.84. The zero-order chi connectivity index (χ0) is 12.5. The highest BCUT2D eigenvalue weighted by molar-refractivity contribution is 6.36. The second-order valence-corrected chi connectivity index (χ2v) is 5.48. The van der Waals surface area contributed by atoms with E-state index in [0.717, 1.165) is 29.0 Å². The summed E-state index contributed by atoms with van der Waals surface area (Å²) in [6.07, 6.45) is 2.40. The molecule has 94 valence electrons. The van der Waals surface area contributed by atoms with Crippen LogP contribution in [-0.2, 0) is 0 Å². The van der Waals surface area contributed by atoms with E-state index in [2.05, 4.69) is 16.4 Å². The lowest BCUT2D eigenvalue weighted by atomic mass is 9.91. The van der Waals surface area contributed by atoms with Crippen molar-refractivity contribution in [3.05, 3.63) is 40.0 Å². The van der Waals surface area contributed by atoms with Gasteiger partial charge in [-0.05, 0) is 49.1 Å². The molecule has 1 aliphatic heterocycles. The number of nitrogens with zero attached hydrogens (tertiary/aromatic N) is 1. The summed E-state index contributed by atoms with van der Waals surface area (Å²) in [5, 5.41) is 5.74. The first-order valence-electron chi connectivity index (χ1n) is 6.21. The third kappa shape index (κ3) is 2.20. The summed E-state index contributed by atoms with van der Waals surface area (Å²) in [7, 11) is 0. The van der Waals surface area contributed by atoms with Gasteiger partial charge in [0, 0.05) is 11.9 Å². The van der Waals surface area contributed by atoms with Crippen molar-refractivity contribution in [1.29, 1.82) is 0 Å². The lowest BCUT2D eigenvalue weighted by Crippen LogP contribution is -2.28. The van der Waals surface area contributed by atoms with Gasteiger partial charge in [0.2, 0.25) is 0 Å². The number of hydrogen-bond donors (Lipinski definition) is 1. The largest absolute Gasteiger partial charge is 0.316 e. The fraction of sp³-hybridized carbons (Fsp3) is 0.357. The Bertz CT molecular complexity index is 577. The fourth-order valence-corrected chi connectivity index (χ4v) is 3.12. The van der Waals surface area contributed by atoms with Gasteiger partial charge < -0.3 is 5.32 Å². The van der Waals surface area contributed by atoms with Gasteiger partial charge in [-0.2, -0.15) is 0 Å². The van der Waals surface area contributed by atoms with Crippen LogP contribution in [0, 0.1) is 0 Å². The first-order chi connectivity index (χ1) is 8.75. The Hall–Kier alpha value is -0.830. The van der Waals surface area contributed by atoms with E-state index in [0.29, 0.717) is 11.1 Å². The number of hydrogen-bond acceptors (Lipinski definition) is 2. The van der Waals surface area contributed by atoms with Gasteiger partial charge in [0.25, 0.3) is 0 Å². The van der Waals surface area contributed by atoms with Crippen LogP contribution in [-0.4, -0.2) is 18.1 Å². The molecule has 3 rings (SSSR count). The summed E-state index contributed by atoms with van der Waals surface area (Å²) < 4.78 is 0. The van der Waals surface area contributed by atoms with Gasteiger partial charge in [-0.3, -0.25) is 0 Å². The van der Waals surface area contributed by atoms with E-state index in [1.165, 1.54) is 18.4 Å². The Kier molecular flexibility index (Phi) is 3.42. The van der Waals surface area contributed by atoms with Crippen LogP contribution in [0.25, 0.3) is 10.9 Å². The first kappa shape index (κ1) is 12.2. The van der Waals surface area contributed by atoms with E-state index in [-0.39, 0.29) is 0 Å². The highest BCUT2D eigenvalue weighted by Gasteiger charge is 2.19. The Balaban J connectivity index is 2.08. The molecular formula is C14H14Cl2N2. The van der Waals surface area contributed by atoms with Crippen molar-refractivity contribution < 1.29 is 0 Å². The van der Waals surface area contributed by atoms with Gasteiger partial charge in [-0.1, -0.05) is 29.3 Å². The molecule has 1 atom stereocenters. The lowest BCUT2D eigenvalue weighted by molar-refractivity contribution is 0.462. The number of pyridine rings is 1. The standard InChI is InChI=1S/C14H14Cl2N2/c15-13-6-4-11-12(18-13)5-3-10(14(11)16)9-2-1-7-17-8-9/h3-6,9,17H,1-2,7-8H2. The molecule has 1 fully saturated rings. The average molecular weight is 281 g/mol. The minimum atomic E-state index is 0.505. The Morgan fingerprint density at radius 2 is 2.06 bits per heavy atom. The molecule has 1 aliphatic rings. The van der Waals surface area contributed by atoms with E-state index in [9.17, 15) is 0 Å². The highest BCUT2D eigenvalue weighted by atomic mass is 35.5. The van der Waals surface area contributed by atoms with E-state index >= 15 is 0 Å². The molecule has 1 saturated heterocycles. The Labute approximate surface area is 116 Å². The molecule has 0 bridgehead atoms. The second-order valence-electron chi connectivity index (χ2n) is 4.71. The Morgan fingerprint density at radius 1 is 1.17 bits per heavy atom. The average Bonchev–Trinajstić information content (AvgIpc) is 2.40. The SMILES string of the molecule is Clc1ccc2c(Cl)c(C3CCCNC3)ccc2n1. The smallest absolute Gasteiger partial charge is 0.129 e. The second kappa shape index (κ2) is 5.04. The molecule has 2 heterocycles. The third-order valence-corrected chi connectivity index (χ3v) is 4.17. The molecule has 1 unspecified atom stereocenters. The Morgan fingerprint density at radius 3 is 2.83 bits per heavy atom. The molecule has 0 saturated carbocycles. The molecule has 1 N–H and O–H groups in total. The van der Waals surface area contributed by atoms with Crippen molar-refractivity contribution in [2.45, 2.75) is 18.8 Å². The van der Waals surface area contributed by atoms with Crippen molar-refractivity contribution >= 4 is 34.1 Å². The number of piperidine rings is 1. The van der Waals surface area contributed by atoms with Crippen LogP contribution >= 0.6 is 23.2 Å². The molecule has 0 aliphatic carbocycles. The van der Waals surface area contributed by atoms with E-state index in [1.54, 1.807) is 6.07 Å². The maximum Gasteiger partial charge on any atom is 0.129 e. The molecule has 2 nitrogen and oxygen atoms in total. The summed E-state index contributed by atoms with van der Waals surface area (Å²) in [5.41, 5.74) is 2.08. The number of nitrogens with one attached hydrogen (secondary N) is 1. The molecule has 18 heavy (non-hydrogen) atoms. The maximum atomic E-state index is 6.52. The molecule has 0 amide bonds. The van der Waals surface area contributed by atoms with Crippen LogP contribution < -0.4 is 5.32 Å². The van der Waals surface area contributed by atoms with E-state index in [4.69, 9.17) is 23.2 Å². The zero-order valence-electron chi connectivity index (χ0n) is 9.92. The van der Waals surface area contributed by atoms with Gasteiger partial charge in [0.05, 0.1) is 10.5 Å². The topological polar surface area (TPSA) is 24.9 Å². The molecule has 0 spiro atoms. The van der Waals surface area contributed by atoms with Crippen LogP contribution in [0.3, 0.4) is 0 Å². The van der Waals surface area contributed by atoms with Crippen molar-refractivity contribution in [3.63, 3.8) is 0 Å².